The van der Waals surface area contributed by atoms with Gasteiger partial charge in [0.2, 0.25) is 5.91 Å². The summed E-state index contributed by atoms with van der Waals surface area (Å²) in [4.78, 5) is 14.4. The van der Waals surface area contributed by atoms with Crippen LogP contribution in [0, 0.1) is 11.3 Å². The molecule has 1 fully saturated rings. The summed E-state index contributed by atoms with van der Waals surface area (Å²) in [7, 11) is 1.93. The minimum Gasteiger partial charge on any atom is -0.342 e. The SMILES string of the molecule is CCC(CC)N(C)C(=O)C1(CN)CC(C)C1. The zero-order chi connectivity index (χ0) is 12.3. The average Bonchev–Trinajstić information content (AvgIpc) is 2.25. The molecule has 0 bridgehead atoms. The monoisotopic (exact) mass is 226 g/mol. The van der Waals surface area contributed by atoms with Crippen LogP contribution in [0.4, 0.5) is 0 Å². The summed E-state index contributed by atoms with van der Waals surface area (Å²) in [6.07, 6.45) is 3.98. The van der Waals surface area contributed by atoms with E-state index in [0.29, 0.717) is 18.5 Å². The summed E-state index contributed by atoms with van der Waals surface area (Å²) in [5, 5.41) is 0. The maximum Gasteiger partial charge on any atom is 0.230 e. The third-order valence-corrected chi connectivity index (χ3v) is 4.13. The maximum absolute atomic E-state index is 12.4. The lowest BCUT2D eigenvalue weighted by atomic mass is 9.61. The zero-order valence-electron chi connectivity index (χ0n) is 11.1. The van der Waals surface area contributed by atoms with Gasteiger partial charge in [0.15, 0.2) is 0 Å². The van der Waals surface area contributed by atoms with E-state index >= 15 is 0 Å². The maximum atomic E-state index is 12.4. The molecule has 0 spiro atoms. The first-order chi connectivity index (χ1) is 7.50. The molecule has 3 nitrogen and oxygen atoms in total. The Morgan fingerprint density at radius 2 is 1.94 bits per heavy atom. The standard InChI is InChI=1S/C13H26N2O/c1-5-11(6-2)15(4)12(16)13(9-14)7-10(3)8-13/h10-11H,5-9,14H2,1-4H3. The molecule has 2 N–H and O–H groups in total. The molecule has 1 saturated carbocycles. The van der Waals surface area contributed by atoms with Gasteiger partial charge in [-0.1, -0.05) is 20.8 Å². The van der Waals surface area contributed by atoms with Gasteiger partial charge in [0.1, 0.15) is 0 Å². The fourth-order valence-electron chi connectivity index (χ4n) is 3.08. The van der Waals surface area contributed by atoms with E-state index in [1.807, 2.05) is 11.9 Å². The van der Waals surface area contributed by atoms with E-state index in [0.717, 1.165) is 25.7 Å². The summed E-state index contributed by atoms with van der Waals surface area (Å²) in [5.41, 5.74) is 5.57. The van der Waals surface area contributed by atoms with Gasteiger partial charge in [-0.15, -0.1) is 0 Å². The van der Waals surface area contributed by atoms with E-state index in [2.05, 4.69) is 20.8 Å². The first-order valence-corrected chi connectivity index (χ1v) is 6.48. The highest BCUT2D eigenvalue weighted by atomic mass is 16.2. The predicted octanol–water partition coefficient (Wildman–Crippen LogP) is 2.01. The van der Waals surface area contributed by atoms with E-state index < -0.39 is 0 Å². The van der Waals surface area contributed by atoms with Gasteiger partial charge in [-0.2, -0.15) is 0 Å². The summed E-state index contributed by atoms with van der Waals surface area (Å²) in [6, 6.07) is 0.367. The molecule has 0 radical (unpaired) electrons. The van der Waals surface area contributed by atoms with Gasteiger partial charge in [0.25, 0.3) is 0 Å². The van der Waals surface area contributed by atoms with Crippen molar-refractivity contribution in [1.29, 1.82) is 0 Å². The molecule has 1 rings (SSSR count). The van der Waals surface area contributed by atoms with Gasteiger partial charge in [0, 0.05) is 19.6 Å². The van der Waals surface area contributed by atoms with Crippen LogP contribution in [0.2, 0.25) is 0 Å². The lowest BCUT2D eigenvalue weighted by molar-refractivity contribution is -0.150. The highest BCUT2D eigenvalue weighted by Crippen LogP contribution is 2.46. The third kappa shape index (κ3) is 2.24. The quantitative estimate of drug-likeness (QED) is 0.779. The van der Waals surface area contributed by atoms with Crippen LogP contribution in [-0.2, 0) is 4.79 Å². The van der Waals surface area contributed by atoms with Crippen LogP contribution in [0.25, 0.3) is 0 Å². The van der Waals surface area contributed by atoms with E-state index in [4.69, 9.17) is 5.73 Å². The van der Waals surface area contributed by atoms with Crippen LogP contribution in [-0.4, -0.2) is 30.4 Å². The number of carbonyl (C=O) groups excluding carboxylic acids is 1. The number of nitrogens with zero attached hydrogens (tertiary/aromatic N) is 1. The molecule has 1 aliphatic carbocycles. The highest BCUT2D eigenvalue weighted by Gasteiger charge is 2.48. The van der Waals surface area contributed by atoms with Crippen molar-refractivity contribution in [2.75, 3.05) is 13.6 Å². The van der Waals surface area contributed by atoms with E-state index in [1.165, 1.54) is 0 Å². The zero-order valence-corrected chi connectivity index (χ0v) is 11.1. The fraction of sp³-hybridized carbons (Fsp3) is 0.923. The molecule has 1 amide bonds. The second kappa shape index (κ2) is 5.17. The fourth-order valence-corrected chi connectivity index (χ4v) is 3.08. The number of carbonyl (C=O) groups is 1. The smallest absolute Gasteiger partial charge is 0.230 e. The second-order valence-corrected chi connectivity index (χ2v) is 5.38. The first kappa shape index (κ1) is 13.5. The molecule has 1 aliphatic rings. The van der Waals surface area contributed by atoms with E-state index in [-0.39, 0.29) is 11.3 Å². The Kier molecular flexibility index (Phi) is 4.36. The summed E-state index contributed by atoms with van der Waals surface area (Å²) in [5.74, 6) is 0.921. The second-order valence-electron chi connectivity index (χ2n) is 5.38. The Morgan fingerprint density at radius 3 is 2.25 bits per heavy atom. The Morgan fingerprint density at radius 1 is 1.44 bits per heavy atom. The van der Waals surface area contributed by atoms with Crippen LogP contribution in [0.15, 0.2) is 0 Å². The van der Waals surface area contributed by atoms with E-state index in [9.17, 15) is 4.79 Å². The molecule has 0 atom stereocenters. The van der Waals surface area contributed by atoms with Crippen LogP contribution < -0.4 is 5.73 Å². The molecule has 94 valence electrons. The van der Waals surface area contributed by atoms with Gasteiger partial charge >= 0.3 is 0 Å². The van der Waals surface area contributed by atoms with Crippen molar-refractivity contribution in [3.05, 3.63) is 0 Å². The predicted molar refractivity (Wildman–Crippen MR) is 67.0 cm³/mol. The van der Waals surface area contributed by atoms with Crippen molar-refractivity contribution in [3.63, 3.8) is 0 Å². The van der Waals surface area contributed by atoms with Crippen molar-refractivity contribution in [2.24, 2.45) is 17.1 Å². The highest BCUT2D eigenvalue weighted by molar-refractivity contribution is 5.84. The summed E-state index contributed by atoms with van der Waals surface area (Å²) < 4.78 is 0. The number of hydrogen-bond acceptors (Lipinski definition) is 2. The van der Waals surface area contributed by atoms with Crippen molar-refractivity contribution in [2.45, 2.75) is 52.5 Å². The molecule has 0 heterocycles. The first-order valence-electron chi connectivity index (χ1n) is 6.48. The summed E-state index contributed by atoms with van der Waals surface area (Å²) >= 11 is 0. The van der Waals surface area contributed by atoms with Crippen LogP contribution in [0.1, 0.15) is 46.5 Å². The van der Waals surface area contributed by atoms with Gasteiger partial charge in [0.05, 0.1) is 5.41 Å². The normalized spacial score (nSPS) is 29.0. The largest absolute Gasteiger partial charge is 0.342 e. The molecule has 0 aromatic heterocycles. The van der Waals surface area contributed by atoms with Crippen LogP contribution in [0.3, 0.4) is 0 Å². The number of rotatable bonds is 5. The van der Waals surface area contributed by atoms with Gasteiger partial charge in [-0.25, -0.2) is 0 Å². The number of nitrogens with two attached hydrogens (primary N) is 1. The third-order valence-electron chi connectivity index (χ3n) is 4.13. The Hall–Kier alpha value is -0.570. The van der Waals surface area contributed by atoms with Crippen molar-refractivity contribution in [1.82, 2.24) is 4.90 Å². The molecule has 0 aliphatic heterocycles. The average molecular weight is 226 g/mol. The Bertz CT molecular complexity index is 242. The minimum absolute atomic E-state index is 0.239. The van der Waals surface area contributed by atoms with Crippen LogP contribution in [0.5, 0.6) is 0 Å². The van der Waals surface area contributed by atoms with Gasteiger partial charge in [-0.05, 0) is 31.6 Å². The molecule has 0 aromatic rings. The van der Waals surface area contributed by atoms with E-state index in [1.54, 1.807) is 0 Å². The van der Waals surface area contributed by atoms with Crippen LogP contribution >= 0.6 is 0 Å². The lowest BCUT2D eigenvalue weighted by Crippen LogP contribution is -2.55. The number of hydrogen-bond donors (Lipinski definition) is 1. The molecule has 16 heavy (non-hydrogen) atoms. The van der Waals surface area contributed by atoms with Crippen molar-refractivity contribution in [3.8, 4) is 0 Å². The molecule has 3 heteroatoms. The lowest BCUT2D eigenvalue weighted by Gasteiger charge is -2.47. The van der Waals surface area contributed by atoms with Crippen molar-refractivity contribution < 1.29 is 4.79 Å². The molecular formula is C13H26N2O. The Labute approximate surface area is 99.4 Å². The molecule has 0 saturated heterocycles. The number of amides is 1. The minimum atomic E-state index is -0.239. The molecular weight excluding hydrogens is 200 g/mol. The van der Waals surface area contributed by atoms with Crippen molar-refractivity contribution >= 4 is 5.91 Å². The molecule has 0 unspecified atom stereocenters. The van der Waals surface area contributed by atoms with Gasteiger partial charge < -0.3 is 10.6 Å². The Balaban J connectivity index is 2.69. The van der Waals surface area contributed by atoms with Gasteiger partial charge in [-0.3, -0.25) is 4.79 Å². The topological polar surface area (TPSA) is 46.3 Å². The summed E-state index contributed by atoms with van der Waals surface area (Å²) in [6.45, 7) is 6.96. The molecule has 0 aromatic carbocycles.